The zero-order chi connectivity index (χ0) is 42.3. The lowest BCUT2D eigenvalue weighted by Crippen LogP contribution is -2.63. The fourth-order valence-corrected chi connectivity index (χ4v) is 10.9. The van der Waals surface area contributed by atoms with Gasteiger partial charge in [0.05, 0.1) is 5.69 Å². The molecule has 0 bridgehead atoms. The van der Waals surface area contributed by atoms with E-state index in [4.69, 9.17) is 4.74 Å². The van der Waals surface area contributed by atoms with Gasteiger partial charge in [0, 0.05) is 45.9 Å². The molecule has 0 radical (unpaired) electrons. The summed E-state index contributed by atoms with van der Waals surface area (Å²) in [5, 5.41) is -0.542. The van der Waals surface area contributed by atoms with Gasteiger partial charge in [0.1, 0.15) is 11.5 Å². The molecule has 1 spiro atoms. The van der Waals surface area contributed by atoms with Gasteiger partial charge in [0.15, 0.2) is 0 Å². The average Bonchev–Trinajstić information content (AvgIpc) is 3.61. The van der Waals surface area contributed by atoms with Crippen LogP contribution in [0.2, 0.25) is 0 Å². The molecule has 0 saturated carbocycles. The minimum absolute atomic E-state index is 0.0643. The maximum Gasteiger partial charge on any atom is 0.240 e. The summed E-state index contributed by atoms with van der Waals surface area (Å²) in [6.45, 7) is 6.86. The Morgan fingerprint density at radius 2 is 0.841 bits per heavy atom. The summed E-state index contributed by atoms with van der Waals surface area (Å²) in [5.41, 5.74) is 19.1. The first-order chi connectivity index (χ1) is 30.9. The maximum absolute atomic E-state index is 7.49. The summed E-state index contributed by atoms with van der Waals surface area (Å²) in [7, 11) is 0. The number of benzene rings is 9. The van der Waals surface area contributed by atoms with Gasteiger partial charge in [-0.15, -0.1) is 0 Å². The van der Waals surface area contributed by atoms with E-state index < -0.39 is 5.31 Å². The van der Waals surface area contributed by atoms with Gasteiger partial charge < -0.3 is 14.5 Å². The average molecular weight is 809 g/mol. The number of anilines is 6. The van der Waals surface area contributed by atoms with Crippen molar-refractivity contribution in [2.24, 2.45) is 0 Å². The Morgan fingerprint density at radius 1 is 0.381 bits per heavy atom. The molecule has 0 saturated heterocycles. The van der Waals surface area contributed by atoms with Crippen molar-refractivity contribution in [2.75, 3.05) is 9.80 Å². The normalized spacial score (nSPS) is 13.5. The van der Waals surface area contributed by atoms with Crippen molar-refractivity contribution in [3.63, 3.8) is 0 Å². The Kier molecular flexibility index (Phi) is 8.42. The van der Waals surface area contributed by atoms with Crippen molar-refractivity contribution < 1.29 is 4.74 Å². The van der Waals surface area contributed by atoms with Gasteiger partial charge in [-0.25, -0.2) is 0 Å². The van der Waals surface area contributed by atoms with Crippen LogP contribution < -0.4 is 25.5 Å². The monoisotopic (exact) mass is 808 g/mol. The molecule has 12 rings (SSSR count). The summed E-state index contributed by atoms with van der Waals surface area (Å²) in [6, 6.07) is 80.0. The van der Waals surface area contributed by atoms with E-state index in [0.717, 1.165) is 45.6 Å². The second-order valence-electron chi connectivity index (χ2n) is 18.1. The molecule has 9 aromatic rings. The van der Waals surface area contributed by atoms with E-state index in [1.165, 1.54) is 55.4 Å². The minimum atomic E-state index is -0.542. The van der Waals surface area contributed by atoms with Crippen LogP contribution in [0.3, 0.4) is 0 Å². The van der Waals surface area contributed by atoms with Crippen LogP contribution in [-0.2, 0) is 10.7 Å². The quantitative estimate of drug-likeness (QED) is 0.156. The maximum atomic E-state index is 7.49. The molecule has 0 aromatic heterocycles. The summed E-state index contributed by atoms with van der Waals surface area (Å²) in [5.74, 6) is 1.75. The highest BCUT2D eigenvalue weighted by molar-refractivity contribution is 6.92. The molecule has 4 heteroatoms. The number of para-hydroxylation sites is 4. The Balaban J connectivity index is 1.19. The lowest BCUT2D eigenvalue weighted by molar-refractivity contribution is 0.486. The molecule has 3 aliphatic rings. The second kappa shape index (κ2) is 14.3. The second-order valence-corrected chi connectivity index (χ2v) is 18.1. The predicted molar refractivity (Wildman–Crippen MR) is 263 cm³/mol. The SMILES string of the molecule is CC(C)(C)c1ccc2c(c1)-c1cc(N(c3ccccc3)c3ccccc3)cc3c1B(c1ccc(N(c4ccccc4)c4ccccc4)cc1O3)C21c2ccccc2-c2ccccc21. The van der Waals surface area contributed by atoms with E-state index >= 15 is 0 Å². The van der Waals surface area contributed by atoms with Crippen molar-refractivity contribution in [3.8, 4) is 33.8 Å². The lowest BCUT2D eigenvalue weighted by Gasteiger charge is -2.47. The molecule has 2 aliphatic heterocycles. The van der Waals surface area contributed by atoms with Crippen LogP contribution in [0.1, 0.15) is 43.0 Å². The number of nitrogens with zero attached hydrogens (tertiary/aromatic N) is 2. The number of ether oxygens (including phenoxy) is 1. The van der Waals surface area contributed by atoms with Crippen molar-refractivity contribution in [1.29, 1.82) is 0 Å². The third-order valence-corrected chi connectivity index (χ3v) is 13.5. The van der Waals surface area contributed by atoms with Crippen LogP contribution in [0, 0.1) is 0 Å². The van der Waals surface area contributed by atoms with E-state index in [0.29, 0.717) is 0 Å². The Bertz CT molecular complexity index is 3070. The van der Waals surface area contributed by atoms with Crippen molar-refractivity contribution in [3.05, 3.63) is 241 Å². The highest BCUT2D eigenvalue weighted by Gasteiger charge is 2.59. The van der Waals surface area contributed by atoms with Crippen molar-refractivity contribution >= 4 is 51.8 Å². The van der Waals surface area contributed by atoms with E-state index in [2.05, 4.69) is 249 Å². The van der Waals surface area contributed by atoms with E-state index in [9.17, 15) is 0 Å². The summed E-state index contributed by atoms with van der Waals surface area (Å²) in [6.07, 6.45) is 0. The van der Waals surface area contributed by atoms with E-state index in [-0.39, 0.29) is 12.1 Å². The Morgan fingerprint density at radius 3 is 1.37 bits per heavy atom. The number of rotatable bonds is 6. The molecular weight excluding hydrogens is 763 g/mol. The van der Waals surface area contributed by atoms with Gasteiger partial charge in [-0.2, -0.15) is 0 Å². The van der Waals surface area contributed by atoms with Crippen LogP contribution >= 0.6 is 0 Å². The van der Waals surface area contributed by atoms with Crippen LogP contribution in [0.5, 0.6) is 11.5 Å². The van der Waals surface area contributed by atoms with Gasteiger partial charge >= 0.3 is 0 Å². The summed E-state index contributed by atoms with van der Waals surface area (Å²) in [4.78, 5) is 4.69. The number of hydrogen-bond donors (Lipinski definition) is 0. The molecule has 0 N–H and O–H groups in total. The van der Waals surface area contributed by atoms with Crippen LogP contribution in [0.25, 0.3) is 22.3 Å². The Labute approximate surface area is 370 Å². The molecule has 0 unspecified atom stereocenters. The van der Waals surface area contributed by atoms with Gasteiger partial charge in [0.25, 0.3) is 0 Å². The molecule has 1 aliphatic carbocycles. The smallest absolute Gasteiger partial charge is 0.240 e. The molecule has 0 fully saturated rings. The first-order valence-electron chi connectivity index (χ1n) is 22.0. The predicted octanol–water partition coefficient (Wildman–Crippen LogP) is 14.2. The van der Waals surface area contributed by atoms with Gasteiger partial charge in [-0.05, 0) is 122 Å². The van der Waals surface area contributed by atoms with E-state index in [1.807, 2.05) is 0 Å². The fourth-order valence-electron chi connectivity index (χ4n) is 10.9. The summed E-state index contributed by atoms with van der Waals surface area (Å²) < 4.78 is 7.49. The molecule has 300 valence electrons. The Hall–Kier alpha value is -7.56. The third kappa shape index (κ3) is 5.67. The van der Waals surface area contributed by atoms with Gasteiger partial charge in [0.2, 0.25) is 6.71 Å². The van der Waals surface area contributed by atoms with Crippen LogP contribution in [-0.4, -0.2) is 6.71 Å². The molecule has 0 amide bonds. The number of fused-ring (bicyclic) bond motifs is 11. The van der Waals surface area contributed by atoms with E-state index in [1.54, 1.807) is 0 Å². The largest absolute Gasteiger partial charge is 0.458 e. The van der Waals surface area contributed by atoms with Gasteiger partial charge in [-0.1, -0.05) is 166 Å². The van der Waals surface area contributed by atoms with Crippen molar-refractivity contribution in [2.45, 2.75) is 31.5 Å². The van der Waals surface area contributed by atoms with Crippen LogP contribution in [0.4, 0.5) is 34.1 Å². The highest BCUT2D eigenvalue weighted by Crippen LogP contribution is 2.60. The third-order valence-electron chi connectivity index (χ3n) is 13.5. The summed E-state index contributed by atoms with van der Waals surface area (Å²) >= 11 is 0. The van der Waals surface area contributed by atoms with Crippen LogP contribution in [0.15, 0.2) is 218 Å². The number of hydrogen-bond acceptors (Lipinski definition) is 3. The molecule has 2 heterocycles. The zero-order valence-electron chi connectivity index (χ0n) is 35.7. The standard InChI is InChI=1S/C59H45BN2O/c1-58(2,3)40-32-34-53-49(36-40)50-37-46(62(43-24-12-6-13-25-43)44-26-14-7-15-27-44)39-56-57(50)60(59(53)51-30-18-16-28-47(51)48-29-17-19-31-52(48)59)54-35-33-45(38-55(54)63-56)61(41-20-8-4-9-21-41)42-22-10-5-11-23-42/h4-39H,1-3H3. The first kappa shape index (κ1) is 37.2. The molecule has 63 heavy (non-hydrogen) atoms. The molecule has 0 atom stereocenters. The fraction of sp³-hybridized carbons (Fsp3) is 0.0847. The minimum Gasteiger partial charge on any atom is -0.458 e. The molecule has 3 nitrogen and oxygen atoms in total. The molecule has 9 aromatic carbocycles. The lowest BCUT2D eigenvalue weighted by atomic mass is 9.21. The molecular formula is C59H45BN2O. The first-order valence-corrected chi connectivity index (χ1v) is 22.0. The zero-order valence-corrected chi connectivity index (χ0v) is 35.7. The van der Waals surface area contributed by atoms with Gasteiger partial charge in [-0.3, -0.25) is 0 Å². The highest BCUT2D eigenvalue weighted by atomic mass is 16.5. The topological polar surface area (TPSA) is 15.7 Å². The van der Waals surface area contributed by atoms with Crippen molar-refractivity contribution in [1.82, 2.24) is 0 Å².